The van der Waals surface area contributed by atoms with Gasteiger partial charge in [0, 0.05) is 19.2 Å². The Morgan fingerprint density at radius 1 is 1.60 bits per heavy atom. The minimum atomic E-state index is -0.870. The number of halogens is 1. The summed E-state index contributed by atoms with van der Waals surface area (Å²) in [5.41, 5.74) is 5.01. The van der Waals surface area contributed by atoms with Crippen molar-refractivity contribution in [3.05, 3.63) is 39.7 Å². The standard InChI is InChI=1S/C13H16FN3O3/c1-13(7-15)4-5-16(8-13)12(18)10-3-2-9(17(19)20)6-11(10)14/h2-3,6H,4-5,7-8,15H2,1H3. The van der Waals surface area contributed by atoms with E-state index in [9.17, 15) is 19.3 Å². The molecule has 1 unspecified atom stereocenters. The van der Waals surface area contributed by atoms with Crippen LogP contribution < -0.4 is 5.73 Å². The highest BCUT2D eigenvalue weighted by atomic mass is 19.1. The molecule has 1 aromatic rings. The third kappa shape index (κ3) is 2.62. The molecule has 0 aromatic heterocycles. The number of likely N-dealkylation sites (tertiary alicyclic amines) is 1. The Kier molecular flexibility index (Phi) is 3.71. The molecule has 1 saturated heterocycles. The van der Waals surface area contributed by atoms with Crippen LogP contribution in [-0.4, -0.2) is 35.4 Å². The molecule has 0 radical (unpaired) electrons. The van der Waals surface area contributed by atoms with Gasteiger partial charge in [0.2, 0.25) is 0 Å². The molecule has 0 bridgehead atoms. The van der Waals surface area contributed by atoms with Gasteiger partial charge in [-0.15, -0.1) is 0 Å². The van der Waals surface area contributed by atoms with E-state index in [2.05, 4.69) is 0 Å². The Balaban J connectivity index is 2.20. The highest BCUT2D eigenvalue weighted by molar-refractivity contribution is 5.95. The number of nitrogens with zero attached hydrogens (tertiary/aromatic N) is 2. The molecular weight excluding hydrogens is 265 g/mol. The van der Waals surface area contributed by atoms with E-state index in [0.29, 0.717) is 19.6 Å². The Morgan fingerprint density at radius 2 is 2.30 bits per heavy atom. The molecule has 20 heavy (non-hydrogen) atoms. The maximum absolute atomic E-state index is 13.8. The second kappa shape index (κ2) is 5.16. The van der Waals surface area contributed by atoms with E-state index in [1.165, 1.54) is 4.90 Å². The molecule has 1 fully saturated rings. The molecule has 0 saturated carbocycles. The van der Waals surface area contributed by atoms with Gasteiger partial charge in [-0.2, -0.15) is 0 Å². The molecule has 7 heteroatoms. The van der Waals surface area contributed by atoms with Gasteiger partial charge in [0.25, 0.3) is 11.6 Å². The number of nitrogens with two attached hydrogens (primary N) is 1. The van der Waals surface area contributed by atoms with Gasteiger partial charge < -0.3 is 10.6 Å². The molecule has 2 N–H and O–H groups in total. The maximum Gasteiger partial charge on any atom is 0.272 e. The summed E-state index contributed by atoms with van der Waals surface area (Å²) >= 11 is 0. The molecule has 108 valence electrons. The smallest absolute Gasteiger partial charge is 0.272 e. The third-order valence-electron chi connectivity index (χ3n) is 3.73. The predicted octanol–water partition coefficient (Wildman–Crippen LogP) is 1.54. The highest BCUT2D eigenvalue weighted by Crippen LogP contribution is 2.30. The second-order valence-electron chi connectivity index (χ2n) is 5.41. The normalized spacial score (nSPS) is 22.1. The van der Waals surface area contributed by atoms with Crippen molar-refractivity contribution in [2.75, 3.05) is 19.6 Å². The fourth-order valence-electron chi connectivity index (χ4n) is 2.33. The van der Waals surface area contributed by atoms with E-state index in [-0.39, 0.29) is 16.7 Å². The summed E-state index contributed by atoms with van der Waals surface area (Å²) < 4.78 is 13.8. The van der Waals surface area contributed by atoms with Crippen LogP contribution in [-0.2, 0) is 0 Å². The predicted molar refractivity (Wildman–Crippen MR) is 70.7 cm³/mol. The maximum atomic E-state index is 13.8. The van der Waals surface area contributed by atoms with E-state index in [0.717, 1.165) is 24.6 Å². The van der Waals surface area contributed by atoms with Crippen LogP contribution in [0, 0.1) is 21.3 Å². The van der Waals surface area contributed by atoms with Crippen LogP contribution in [0.3, 0.4) is 0 Å². The van der Waals surface area contributed by atoms with Crippen molar-refractivity contribution in [1.82, 2.24) is 4.90 Å². The topological polar surface area (TPSA) is 89.5 Å². The molecule has 2 rings (SSSR count). The Morgan fingerprint density at radius 3 is 2.80 bits per heavy atom. The largest absolute Gasteiger partial charge is 0.338 e. The zero-order valence-electron chi connectivity index (χ0n) is 11.1. The van der Waals surface area contributed by atoms with Crippen molar-refractivity contribution in [2.24, 2.45) is 11.1 Å². The first-order valence-corrected chi connectivity index (χ1v) is 6.29. The van der Waals surface area contributed by atoms with Crippen molar-refractivity contribution in [3.8, 4) is 0 Å². The van der Waals surface area contributed by atoms with Crippen LogP contribution in [0.15, 0.2) is 18.2 Å². The molecular formula is C13H16FN3O3. The van der Waals surface area contributed by atoms with Crippen molar-refractivity contribution in [1.29, 1.82) is 0 Å². The molecule has 0 spiro atoms. The Hall–Kier alpha value is -2.02. The number of hydrogen-bond donors (Lipinski definition) is 1. The molecule has 1 amide bonds. The van der Waals surface area contributed by atoms with Crippen LogP contribution in [0.25, 0.3) is 0 Å². The van der Waals surface area contributed by atoms with E-state index in [1.54, 1.807) is 0 Å². The van der Waals surface area contributed by atoms with Crippen LogP contribution in [0.2, 0.25) is 0 Å². The van der Waals surface area contributed by atoms with Crippen LogP contribution in [0.4, 0.5) is 10.1 Å². The molecule has 1 aliphatic rings. The van der Waals surface area contributed by atoms with Crippen molar-refractivity contribution >= 4 is 11.6 Å². The van der Waals surface area contributed by atoms with Gasteiger partial charge in [-0.05, 0) is 24.4 Å². The molecule has 0 aliphatic carbocycles. The SMILES string of the molecule is CC1(CN)CCN(C(=O)c2ccc([N+](=O)[O-])cc2F)C1. The van der Waals surface area contributed by atoms with Crippen molar-refractivity contribution < 1.29 is 14.1 Å². The summed E-state index contributed by atoms with van der Waals surface area (Å²) in [5.74, 6) is -1.32. The summed E-state index contributed by atoms with van der Waals surface area (Å²) in [6, 6.07) is 3.06. The quantitative estimate of drug-likeness (QED) is 0.672. The van der Waals surface area contributed by atoms with Gasteiger partial charge in [0.1, 0.15) is 5.82 Å². The van der Waals surface area contributed by atoms with Gasteiger partial charge in [0.05, 0.1) is 16.6 Å². The van der Waals surface area contributed by atoms with Gasteiger partial charge in [-0.3, -0.25) is 14.9 Å². The minimum absolute atomic E-state index is 0.142. The first-order valence-electron chi connectivity index (χ1n) is 6.29. The number of nitro benzene ring substituents is 1. The fourth-order valence-corrected chi connectivity index (χ4v) is 2.33. The minimum Gasteiger partial charge on any atom is -0.338 e. The lowest BCUT2D eigenvalue weighted by Crippen LogP contribution is -2.34. The van der Waals surface area contributed by atoms with E-state index in [4.69, 9.17) is 5.73 Å². The molecule has 6 nitrogen and oxygen atoms in total. The monoisotopic (exact) mass is 281 g/mol. The average molecular weight is 281 g/mol. The number of amides is 1. The first kappa shape index (κ1) is 14.4. The summed E-state index contributed by atoms with van der Waals surface area (Å²) in [5, 5.41) is 10.5. The van der Waals surface area contributed by atoms with Crippen LogP contribution in [0.5, 0.6) is 0 Å². The van der Waals surface area contributed by atoms with Crippen LogP contribution in [0.1, 0.15) is 23.7 Å². The Labute approximate surface area is 115 Å². The van der Waals surface area contributed by atoms with E-state index in [1.807, 2.05) is 6.92 Å². The lowest BCUT2D eigenvalue weighted by Gasteiger charge is -2.22. The fraction of sp³-hybridized carbons (Fsp3) is 0.462. The van der Waals surface area contributed by atoms with Crippen molar-refractivity contribution in [3.63, 3.8) is 0 Å². The number of rotatable bonds is 3. The first-order chi connectivity index (χ1) is 9.36. The molecule has 1 aliphatic heterocycles. The average Bonchev–Trinajstić information content (AvgIpc) is 2.81. The van der Waals surface area contributed by atoms with Crippen LogP contribution >= 0.6 is 0 Å². The number of carbonyl (C=O) groups excluding carboxylic acids is 1. The van der Waals surface area contributed by atoms with Crippen molar-refractivity contribution in [2.45, 2.75) is 13.3 Å². The lowest BCUT2D eigenvalue weighted by atomic mass is 9.90. The third-order valence-corrected chi connectivity index (χ3v) is 3.73. The summed E-state index contributed by atoms with van der Waals surface area (Å²) in [6.45, 7) is 3.42. The molecule has 1 aromatic carbocycles. The van der Waals surface area contributed by atoms with E-state index >= 15 is 0 Å². The zero-order chi connectivity index (χ0) is 14.9. The summed E-state index contributed by atoms with van der Waals surface area (Å²) in [6.07, 6.45) is 0.768. The molecule has 1 atom stereocenters. The van der Waals surface area contributed by atoms with Gasteiger partial charge >= 0.3 is 0 Å². The number of non-ortho nitro benzene ring substituents is 1. The van der Waals surface area contributed by atoms with Gasteiger partial charge in [-0.1, -0.05) is 6.92 Å². The summed E-state index contributed by atoms with van der Waals surface area (Å²) in [4.78, 5) is 23.6. The number of nitro groups is 1. The zero-order valence-corrected chi connectivity index (χ0v) is 11.1. The Bertz CT molecular complexity index is 564. The number of carbonyl (C=O) groups is 1. The van der Waals surface area contributed by atoms with E-state index < -0.39 is 16.6 Å². The second-order valence-corrected chi connectivity index (χ2v) is 5.41. The summed E-state index contributed by atoms with van der Waals surface area (Å²) in [7, 11) is 0. The van der Waals surface area contributed by atoms with Gasteiger partial charge in [-0.25, -0.2) is 4.39 Å². The number of benzene rings is 1. The lowest BCUT2D eigenvalue weighted by molar-refractivity contribution is -0.385. The molecule has 1 heterocycles. The van der Waals surface area contributed by atoms with Gasteiger partial charge in [0.15, 0.2) is 0 Å². The number of hydrogen-bond acceptors (Lipinski definition) is 4. The highest BCUT2D eigenvalue weighted by Gasteiger charge is 2.36.